The second-order valence-corrected chi connectivity index (χ2v) is 9.50. The van der Waals surface area contributed by atoms with Crippen LogP contribution in [0.3, 0.4) is 0 Å². The first-order chi connectivity index (χ1) is 11.5. The molecule has 0 spiro atoms. The van der Waals surface area contributed by atoms with Crippen LogP contribution in [-0.4, -0.2) is 66.2 Å². The number of nitrogens with zero attached hydrogens (tertiary/aromatic N) is 4. The molecule has 1 aliphatic carbocycles. The van der Waals surface area contributed by atoms with Crippen molar-refractivity contribution in [2.24, 2.45) is 0 Å². The molecule has 7 nitrogen and oxygen atoms in total. The third-order valence-electron chi connectivity index (χ3n) is 5.85. The van der Waals surface area contributed by atoms with E-state index in [4.69, 9.17) is 4.52 Å². The van der Waals surface area contributed by atoms with Crippen LogP contribution in [0, 0.1) is 0 Å². The van der Waals surface area contributed by atoms with Crippen LogP contribution in [0.15, 0.2) is 4.52 Å². The Morgan fingerprint density at radius 2 is 1.71 bits per heavy atom. The van der Waals surface area contributed by atoms with Gasteiger partial charge in [0, 0.05) is 38.1 Å². The molecular weight excluding hydrogens is 328 g/mol. The van der Waals surface area contributed by atoms with E-state index in [2.05, 4.69) is 15.0 Å². The minimum Gasteiger partial charge on any atom is -0.339 e. The summed E-state index contributed by atoms with van der Waals surface area (Å²) in [6.07, 6.45) is 8.20. The van der Waals surface area contributed by atoms with Crippen LogP contribution >= 0.6 is 0 Å². The SMILES string of the molecule is CS(=O)(=O)N1CCC(c2noc(C3CN(C4CCCC4)C3)n2)CC1. The van der Waals surface area contributed by atoms with Gasteiger partial charge in [-0.25, -0.2) is 12.7 Å². The van der Waals surface area contributed by atoms with Crippen molar-refractivity contribution in [1.82, 2.24) is 19.3 Å². The summed E-state index contributed by atoms with van der Waals surface area (Å²) in [4.78, 5) is 7.18. The highest BCUT2D eigenvalue weighted by molar-refractivity contribution is 7.88. The van der Waals surface area contributed by atoms with Gasteiger partial charge in [0.05, 0.1) is 12.2 Å². The fraction of sp³-hybridized carbons (Fsp3) is 0.875. The van der Waals surface area contributed by atoms with E-state index in [0.717, 1.165) is 43.7 Å². The molecule has 1 aromatic heterocycles. The van der Waals surface area contributed by atoms with E-state index in [1.54, 1.807) is 0 Å². The average molecular weight is 354 g/mol. The van der Waals surface area contributed by atoms with Gasteiger partial charge in [-0.15, -0.1) is 0 Å². The molecule has 1 aromatic rings. The number of piperidine rings is 1. The Labute approximate surface area is 143 Å². The Morgan fingerprint density at radius 1 is 1.04 bits per heavy atom. The lowest BCUT2D eigenvalue weighted by Crippen LogP contribution is -2.49. The summed E-state index contributed by atoms with van der Waals surface area (Å²) in [5.41, 5.74) is 0. The van der Waals surface area contributed by atoms with Crippen LogP contribution in [0.5, 0.6) is 0 Å². The lowest BCUT2D eigenvalue weighted by atomic mass is 9.96. The predicted octanol–water partition coefficient (Wildman–Crippen LogP) is 1.55. The quantitative estimate of drug-likeness (QED) is 0.816. The van der Waals surface area contributed by atoms with Crippen molar-refractivity contribution in [3.8, 4) is 0 Å². The van der Waals surface area contributed by atoms with Gasteiger partial charge in [0.25, 0.3) is 0 Å². The first-order valence-electron chi connectivity index (χ1n) is 9.03. The van der Waals surface area contributed by atoms with Crippen LogP contribution in [-0.2, 0) is 10.0 Å². The molecule has 2 aliphatic heterocycles. The first-order valence-corrected chi connectivity index (χ1v) is 10.9. The zero-order valence-electron chi connectivity index (χ0n) is 14.2. The van der Waals surface area contributed by atoms with Crippen molar-refractivity contribution < 1.29 is 12.9 Å². The zero-order valence-corrected chi connectivity index (χ0v) is 15.0. The van der Waals surface area contributed by atoms with Gasteiger partial charge in [0.2, 0.25) is 15.9 Å². The van der Waals surface area contributed by atoms with Gasteiger partial charge >= 0.3 is 0 Å². The van der Waals surface area contributed by atoms with E-state index >= 15 is 0 Å². The van der Waals surface area contributed by atoms with E-state index in [0.29, 0.717) is 19.0 Å². The van der Waals surface area contributed by atoms with E-state index in [-0.39, 0.29) is 5.92 Å². The summed E-state index contributed by atoms with van der Waals surface area (Å²) < 4.78 is 30.2. The van der Waals surface area contributed by atoms with Crippen LogP contribution < -0.4 is 0 Å². The van der Waals surface area contributed by atoms with E-state index in [9.17, 15) is 8.42 Å². The maximum Gasteiger partial charge on any atom is 0.232 e. The summed E-state index contributed by atoms with van der Waals surface area (Å²) in [7, 11) is -3.09. The maximum absolute atomic E-state index is 11.6. The van der Waals surface area contributed by atoms with Gasteiger partial charge in [0.15, 0.2) is 5.82 Å². The highest BCUT2D eigenvalue weighted by atomic mass is 32.2. The molecule has 0 bridgehead atoms. The summed E-state index contributed by atoms with van der Waals surface area (Å²) in [6.45, 7) is 3.18. The predicted molar refractivity (Wildman–Crippen MR) is 89.3 cm³/mol. The van der Waals surface area contributed by atoms with E-state index < -0.39 is 10.0 Å². The molecule has 8 heteroatoms. The summed E-state index contributed by atoms with van der Waals surface area (Å²) in [5, 5.41) is 4.18. The molecule has 0 amide bonds. The average Bonchev–Trinajstić information content (AvgIpc) is 3.17. The standard InChI is InChI=1S/C16H26N4O3S/c1-24(21,22)20-8-6-12(7-9-20)15-17-16(23-18-15)13-10-19(11-13)14-4-2-3-5-14/h12-14H,2-11H2,1H3. The second-order valence-electron chi connectivity index (χ2n) is 7.52. The molecule has 134 valence electrons. The van der Waals surface area contributed by atoms with Gasteiger partial charge in [-0.05, 0) is 25.7 Å². The Bertz CT molecular complexity index is 669. The summed E-state index contributed by atoms with van der Waals surface area (Å²) >= 11 is 0. The fourth-order valence-electron chi connectivity index (χ4n) is 4.26. The monoisotopic (exact) mass is 354 g/mol. The number of hydrogen-bond donors (Lipinski definition) is 0. The molecule has 0 unspecified atom stereocenters. The normalized spacial score (nSPS) is 26.0. The number of sulfonamides is 1. The van der Waals surface area contributed by atoms with Crippen molar-refractivity contribution >= 4 is 10.0 Å². The van der Waals surface area contributed by atoms with Crippen molar-refractivity contribution in [2.75, 3.05) is 32.4 Å². The lowest BCUT2D eigenvalue weighted by molar-refractivity contribution is 0.0783. The largest absolute Gasteiger partial charge is 0.339 e. The first kappa shape index (κ1) is 16.5. The molecule has 0 atom stereocenters. The highest BCUT2D eigenvalue weighted by Crippen LogP contribution is 2.34. The van der Waals surface area contributed by atoms with Crippen molar-refractivity contribution in [2.45, 2.75) is 56.4 Å². The van der Waals surface area contributed by atoms with Crippen molar-refractivity contribution in [3.05, 3.63) is 11.7 Å². The Morgan fingerprint density at radius 3 is 2.33 bits per heavy atom. The smallest absolute Gasteiger partial charge is 0.232 e. The molecule has 3 heterocycles. The summed E-state index contributed by atoms with van der Waals surface area (Å²) in [5.74, 6) is 2.12. The van der Waals surface area contributed by atoms with Gasteiger partial charge in [-0.2, -0.15) is 4.98 Å². The minimum atomic E-state index is -3.09. The number of rotatable bonds is 4. The Hall–Kier alpha value is -0.990. The van der Waals surface area contributed by atoms with Gasteiger partial charge in [-0.1, -0.05) is 18.0 Å². The molecule has 0 radical (unpaired) electrons. The third kappa shape index (κ3) is 3.23. The molecule has 4 rings (SSSR count). The molecule has 24 heavy (non-hydrogen) atoms. The lowest BCUT2D eigenvalue weighted by Gasteiger charge is -2.41. The molecule has 1 saturated carbocycles. The van der Waals surface area contributed by atoms with Crippen LogP contribution in [0.25, 0.3) is 0 Å². The van der Waals surface area contributed by atoms with Crippen molar-refractivity contribution in [1.29, 1.82) is 0 Å². The van der Waals surface area contributed by atoms with E-state index in [1.165, 1.54) is 36.2 Å². The molecule has 3 aliphatic rings. The van der Waals surface area contributed by atoms with Crippen LogP contribution in [0.4, 0.5) is 0 Å². The molecule has 0 N–H and O–H groups in total. The van der Waals surface area contributed by atoms with Gasteiger partial charge in [0.1, 0.15) is 0 Å². The van der Waals surface area contributed by atoms with E-state index in [1.807, 2.05) is 0 Å². The maximum atomic E-state index is 11.6. The number of likely N-dealkylation sites (tertiary alicyclic amines) is 1. The van der Waals surface area contributed by atoms with Gasteiger partial charge in [-0.3, -0.25) is 4.90 Å². The fourth-order valence-corrected chi connectivity index (χ4v) is 5.14. The van der Waals surface area contributed by atoms with Crippen LogP contribution in [0.2, 0.25) is 0 Å². The molecule has 3 fully saturated rings. The Kier molecular flexibility index (Phi) is 4.38. The van der Waals surface area contributed by atoms with Crippen molar-refractivity contribution in [3.63, 3.8) is 0 Å². The molecule has 2 saturated heterocycles. The number of hydrogen-bond acceptors (Lipinski definition) is 6. The molecular formula is C16H26N4O3S. The van der Waals surface area contributed by atoms with Crippen LogP contribution in [0.1, 0.15) is 62.1 Å². The number of aromatic nitrogens is 2. The molecule has 0 aromatic carbocycles. The topological polar surface area (TPSA) is 79.5 Å². The summed E-state index contributed by atoms with van der Waals surface area (Å²) in [6, 6.07) is 0.768. The zero-order chi connectivity index (χ0) is 16.7. The second kappa shape index (κ2) is 6.38. The third-order valence-corrected chi connectivity index (χ3v) is 7.15. The van der Waals surface area contributed by atoms with Gasteiger partial charge < -0.3 is 4.52 Å². The minimum absolute atomic E-state index is 0.214. The Balaban J connectivity index is 1.31. The highest BCUT2D eigenvalue weighted by Gasteiger charge is 2.38.